The molecule has 1 saturated heterocycles. The zero-order chi connectivity index (χ0) is 12.9. The van der Waals surface area contributed by atoms with Crippen molar-refractivity contribution >= 4 is 5.97 Å². The third-order valence-electron chi connectivity index (χ3n) is 3.96. The highest BCUT2D eigenvalue weighted by Crippen LogP contribution is 2.23. The Kier molecular flexibility index (Phi) is 5.44. The van der Waals surface area contributed by atoms with Gasteiger partial charge in [0.25, 0.3) is 0 Å². The molecule has 0 spiro atoms. The van der Waals surface area contributed by atoms with Crippen molar-refractivity contribution in [3.8, 4) is 0 Å². The van der Waals surface area contributed by atoms with Crippen LogP contribution in [0.3, 0.4) is 0 Å². The van der Waals surface area contributed by atoms with E-state index in [9.17, 15) is 4.79 Å². The Balaban J connectivity index is 2.24. The SMILES string of the molecule is CC1CCCN(CCCC(C)(C)C(=O)O)CC1. The number of hydrogen-bond donors (Lipinski definition) is 1. The number of carboxylic acids is 1. The van der Waals surface area contributed by atoms with Gasteiger partial charge < -0.3 is 10.0 Å². The van der Waals surface area contributed by atoms with E-state index in [4.69, 9.17) is 5.11 Å². The molecule has 3 nitrogen and oxygen atoms in total. The molecule has 1 fully saturated rings. The van der Waals surface area contributed by atoms with E-state index in [0.717, 1.165) is 25.3 Å². The predicted octanol–water partition coefficient (Wildman–Crippen LogP) is 3.00. The largest absolute Gasteiger partial charge is 0.481 e. The molecule has 17 heavy (non-hydrogen) atoms. The summed E-state index contributed by atoms with van der Waals surface area (Å²) >= 11 is 0. The van der Waals surface area contributed by atoms with Crippen LogP contribution in [-0.2, 0) is 4.79 Å². The summed E-state index contributed by atoms with van der Waals surface area (Å²) in [5.41, 5.74) is -0.570. The molecule has 100 valence electrons. The molecule has 1 rings (SSSR count). The van der Waals surface area contributed by atoms with E-state index in [1.54, 1.807) is 0 Å². The quantitative estimate of drug-likeness (QED) is 0.804. The van der Waals surface area contributed by atoms with Crippen LogP contribution < -0.4 is 0 Å². The van der Waals surface area contributed by atoms with E-state index in [1.807, 2.05) is 13.8 Å². The van der Waals surface area contributed by atoms with Gasteiger partial charge in [0, 0.05) is 0 Å². The fraction of sp³-hybridized carbons (Fsp3) is 0.929. The maximum Gasteiger partial charge on any atom is 0.309 e. The molecule has 0 amide bonds. The van der Waals surface area contributed by atoms with Gasteiger partial charge in [-0.05, 0) is 71.5 Å². The lowest BCUT2D eigenvalue weighted by Crippen LogP contribution is -2.29. The van der Waals surface area contributed by atoms with Crippen LogP contribution in [0.25, 0.3) is 0 Å². The second-order valence-corrected chi connectivity index (χ2v) is 6.17. The zero-order valence-electron chi connectivity index (χ0n) is 11.5. The predicted molar refractivity (Wildman–Crippen MR) is 70.1 cm³/mol. The Hall–Kier alpha value is -0.570. The van der Waals surface area contributed by atoms with Crippen molar-refractivity contribution < 1.29 is 9.90 Å². The van der Waals surface area contributed by atoms with Gasteiger partial charge in [-0.25, -0.2) is 0 Å². The van der Waals surface area contributed by atoms with Gasteiger partial charge in [-0.3, -0.25) is 4.79 Å². The van der Waals surface area contributed by atoms with Crippen molar-refractivity contribution in [1.29, 1.82) is 0 Å². The third-order valence-corrected chi connectivity index (χ3v) is 3.96. The first-order valence-corrected chi connectivity index (χ1v) is 6.87. The van der Waals surface area contributed by atoms with Crippen LogP contribution in [0.5, 0.6) is 0 Å². The standard InChI is InChI=1S/C14H27NO2/c1-12-6-4-9-15(11-7-12)10-5-8-14(2,3)13(16)17/h12H,4-11H2,1-3H3,(H,16,17). The van der Waals surface area contributed by atoms with Gasteiger partial charge in [0.15, 0.2) is 0 Å². The molecule has 0 saturated carbocycles. The Morgan fingerprint density at radius 1 is 1.35 bits per heavy atom. The minimum absolute atomic E-state index is 0.570. The monoisotopic (exact) mass is 241 g/mol. The van der Waals surface area contributed by atoms with Gasteiger partial charge >= 0.3 is 5.97 Å². The molecular formula is C14H27NO2. The Bertz CT molecular complexity index is 251. The number of carboxylic acid groups (broad SMARTS) is 1. The molecule has 0 bridgehead atoms. The molecule has 0 radical (unpaired) electrons. The molecule has 0 aromatic heterocycles. The topological polar surface area (TPSA) is 40.5 Å². The fourth-order valence-corrected chi connectivity index (χ4v) is 2.40. The summed E-state index contributed by atoms with van der Waals surface area (Å²) in [6, 6.07) is 0. The lowest BCUT2D eigenvalue weighted by Gasteiger charge is -2.23. The van der Waals surface area contributed by atoms with Gasteiger partial charge in [0.2, 0.25) is 0 Å². The molecule has 1 aliphatic rings. The first-order valence-electron chi connectivity index (χ1n) is 6.87. The summed E-state index contributed by atoms with van der Waals surface area (Å²) in [5.74, 6) is 0.178. The number of likely N-dealkylation sites (tertiary alicyclic amines) is 1. The second kappa shape index (κ2) is 6.39. The summed E-state index contributed by atoms with van der Waals surface area (Å²) in [7, 11) is 0. The first kappa shape index (κ1) is 14.5. The lowest BCUT2D eigenvalue weighted by atomic mass is 9.88. The lowest BCUT2D eigenvalue weighted by molar-refractivity contribution is -0.147. The van der Waals surface area contributed by atoms with Crippen molar-refractivity contribution in [2.24, 2.45) is 11.3 Å². The van der Waals surface area contributed by atoms with Crippen LogP contribution in [-0.4, -0.2) is 35.6 Å². The Labute approximate surface area is 105 Å². The van der Waals surface area contributed by atoms with Gasteiger partial charge in [-0.15, -0.1) is 0 Å². The van der Waals surface area contributed by atoms with Crippen molar-refractivity contribution in [2.45, 2.75) is 52.9 Å². The normalized spacial score (nSPS) is 23.4. The van der Waals surface area contributed by atoms with Crippen LogP contribution in [0.4, 0.5) is 0 Å². The number of aliphatic carboxylic acids is 1. The first-order chi connectivity index (χ1) is 7.92. The summed E-state index contributed by atoms with van der Waals surface area (Å²) in [4.78, 5) is 13.5. The second-order valence-electron chi connectivity index (χ2n) is 6.17. The van der Waals surface area contributed by atoms with Crippen LogP contribution >= 0.6 is 0 Å². The van der Waals surface area contributed by atoms with Gasteiger partial charge in [-0.2, -0.15) is 0 Å². The van der Waals surface area contributed by atoms with Gasteiger partial charge in [-0.1, -0.05) is 6.92 Å². The van der Waals surface area contributed by atoms with E-state index in [2.05, 4.69) is 11.8 Å². The Morgan fingerprint density at radius 2 is 2.06 bits per heavy atom. The van der Waals surface area contributed by atoms with E-state index < -0.39 is 11.4 Å². The van der Waals surface area contributed by atoms with Gasteiger partial charge in [0.1, 0.15) is 0 Å². The molecule has 1 N–H and O–H groups in total. The van der Waals surface area contributed by atoms with Crippen molar-refractivity contribution in [3.63, 3.8) is 0 Å². The molecular weight excluding hydrogens is 214 g/mol. The summed E-state index contributed by atoms with van der Waals surface area (Å²) in [6.07, 6.45) is 5.70. The molecule has 3 heteroatoms. The summed E-state index contributed by atoms with van der Waals surface area (Å²) in [6.45, 7) is 9.41. The third kappa shape index (κ3) is 5.07. The molecule has 1 atom stereocenters. The highest BCUT2D eigenvalue weighted by atomic mass is 16.4. The minimum Gasteiger partial charge on any atom is -0.481 e. The number of rotatable bonds is 5. The van der Waals surface area contributed by atoms with Gasteiger partial charge in [0.05, 0.1) is 5.41 Å². The summed E-state index contributed by atoms with van der Waals surface area (Å²) in [5, 5.41) is 9.04. The number of nitrogens with zero attached hydrogens (tertiary/aromatic N) is 1. The summed E-state index contributed by atoms with van der Waals surface area (Å²) < 4.78 is 0. The molecule has 0 aliphatic carbocycles. The molecule has 1 heterocycles. The maximum atomic E-state index is 11.0. The molecule has 1 aliphatic heterocycles. The average molecular weight is 241 g/mol. The fourth-order valence-electron chi connectivity index (χ4n) is 2.40. The van der Waals surface area contributed by atoms with Crippen molar-refractivity contribution in [2.75, 3.05) is 19.6 Å². The molecule has 0 aromatic carbocycles. The van der Waals surface area contributed by atoms with E-state index >= 15 is 0 Å². The highest BCUT2D eigenvalue weighted by Gasteiger charge is 2.26. The average Bonchev–Trinajstić information content (AvgIpc) is 2.43. The van der Waals surface area contributed by atoms with Crippen LogP contribution in [0.15, 0.2) is 0 Å². The van der Waals surface area contributed by atoms with Crippen LogP contribution in [0.1, 0.15) is 52.9 Å². The van der Waals surface area contributed by atoms with Crippen LogP contribution in [0, 0.1) is 11.3 Å². The van der Waals surface area contributed by atoms with E-state index in [0.29, 0.717) is 0 Å². The molecule has 0 aromatic rings. The Morgan fingerprint density at radius 3 is 2.71 bits per heavy atom. The van der Waals surface area contributed by atoms with Crippen LogP contribution in [0.2, 0.25) is 0 Å². The maximum absolute atomic E-state index is 11.0. The molecule has 1 unspecified atom stereocenters. The highest BCUT2D eigenvalue weighted by molar-refractivity contribution is 5.73. The zero-order valence-corrected chi connectivity index (χ0v) is 11.5. The number of carbonyl (C=O) groups is 1. The van der Waals surface area contributed by atoms with E-state index in [1.165, 1.54) is 32.4 Å². The van der Waals surface area contributed by atoms with Crippen molar-refractivity contribution in [3.05, 3.63) is 0 Å². The minimum atomic E-state index is -0.679. The van der Waals surface area contributed by atoms with E-state index in [-0.39, 0.29) is 0 Å². The van der Waals surface area contributed by atoms with Crippen molar-refractivity contribution in [1.82, 2.24) is 4.90 Å². The smallest absolute Gasteiger partial charge is 0.309 e. The number of hydrogen-bond acceptors (Lipinski definition) is 2.